The maximum atomic E-state index is 13.1. The van der Waals surface area contributed by atoms with Crippen molar-refractivity contribution in [2.45, 2.75) is 26.0 Å². The molecule has 1 unspecified atom stereocenters. The number of carboxylic acid groups (broad SMARTS) is 1. The molecule has 0 aliphatic carbocycles. The average molecular weight is 500 g/mol. The summed E-state index contributed by atoms with van der Waals surface area (Å²) in [4.78, 5) is 36.9. The highest BCUT2D eigenvalue weighted by Gasteiger charge is 2.23. The summed E-state index contributed by atoms with van der Waals surface area (Å²) >= 11 is 0. The van der Waals surface area contributed by atoms with E-state index in [0.717, 1.165) is 34.0 Å². The number of carbonyl (C=O) groups excluding carboxylic acids is 2. The number of amides is 2. The van der Waals surface area contributed by atoms with Gasteiger partial charge in [-0.05, 0) is 40.8 Å². The highest BCUT2D eigenvalue weighted by molar-refractivity contribution is 6.04. The first-order valence-electron chi connectivity index (χ1n) is 12.0. The molecule has 190 valence electrons. The quantitative estimate of drug-likeness (QED) is 0.314. The van der Waals surface area contributed by atoms with Crippen molar-refractivity contribution >= 4 is 28.9 Å². The van der Waals surface area contributed by atoms with Crippen LogP contribution in [0.3, 0.4) is 0 Å². The van der Waals surface area contributed by atoms with Crippen LogP contribution in [-0.4, -0.2) is 40.2 Å². The smallest absolute Gasteiger partial charge is 0.408 e. The van der Waals surface area contributed by atoms with E-state index in [1.165, 1.54) is 5.56 Å². The zero-order valence-electron chi connectivity index (χ0n) is 20.7. The molecule has 3 aromatic carbocycles. The summed E-state index contributed by atoms with van der Waals surface area (Å²) in [6.07, 6.45) is -0.00118. The zero-order valence-corrected chi connectivity index (χ0v) is 20.7. The van der Waals surface area contributed by atoms with Gasteiger partial charge in [-0.25, -0.2) is 9.59 Å². The minimum absolute atomic E-state index is 0.00477. The lowest BCUT2D eigenvalue weighted by Crippen LogP contribution is -2.48. The van der Waals surface area contributed by atoms with Gasteiger partial charge in [0.25, 0.3) is 5.91 Å². The molecule has 0 bridgehead atoms. The molecule has 8 nitrogen and oxygen atoms in total. The Morgan fingerprint density at radius 3 is 2.38 bits per heavy atom. The number of carboxylic acids is 1. The predicted molar refractivity (Wildman–Crippen MR) is 141 cm³/mol. The van der Waals surface area contributed by atoms with E-state index in [4.69, 9.17) is 4.74 Å². The molecule has 8 heteroatoms. The summed E-state index contributed by atoms with van der Waals surface area (Å²) in [5.74, 6) is -1.73. The number of aromatic nitrogens is 1. The third-order valence-electron chi connectivity index (χ3n) is 6.28. The predicted octanol–water partition coefficient (Wildman–Crippen LogP) is 4.52. The maximum absolute atomic E-state index is 13.1. The van der Waals surface area contributed by atoms with Crippen LogP contribution < -0.4 is 10.6 Å². The van der Waals surface area contributed by atoms with Crippen LogP contribution in [0, 0.1) is 0 Å². The van der Waals surface area contributed by atoms with E-state index in [9.17, 15) is 19.5 Å². The normalized spacial score (nSPS) is 11.6. The fourth-order valence-corrected chi connectivity index (χ4v) is 4.30. The van der Waals surface area contributed by atoms with Crippen LogP contribution in [0.2, 0.25) is 0 Å². The molecular weight excluding hydrogens is 470 g/mol. The van der Waals surface area contributed by atoms with Crippen LogP contribution in [0.25, 0.3) is 22.0 Å². The minimum Gasteiger partial charge on any atom is -0.480 e. The standard InChI is InChI=1S/C29H29N3O5/c1-3-20-12-7-8-13-21(20)22-14-9-15-25-23(22)16-26(32(25)2)27(33)30-17-24(28(34)35)31-29(36)37-18-19-10-5-4-6-11-19/h4-16,24H,3,17-18H2,1-2H3,(H,30,33)(H,31,36)(H,34,35). The number of carbonyl (C=O) groups is 3. The summed E-state index contributed by atoms with van der Waals surface area (Å²) in [5, 5.41) is 15.4. The topological polar surface area (TPSA) is 110 Å². The Morgan fingerprint density at radius 2 is 1.65 bits per heavy atom. The van der Waals surface area contributed by atoms with Crippen molar-refractivity contribution in [3.05, 3.63) is 95.7 Å². The van der Waals surface area contributed by atoms with Crippen LogP contribution >= 0.6 is 0 Å². The van der Waals surface area contributed by atoms with E-state index in [0.29, 0.717) is 5.69 Å². The number of aryl methyl sites for hydroxylation is 2. The van der Waals surface area contributed by atoms with Gasteiger partial charge in [0.2, 0.25) is 0 Å². The highest BCUT2D eigenvalue weighted by Crippen LogP contribution is 2.33. The van der Waals surface area contributed by atoms with E-state index in [2.05, 4.69) is 29.7 Å². The Bertz CT molecular complexity index is 1430. The summed E-state index contributed by atoms with van der Waals surface area (Å²) in [7, 11) is 1.79. The van der Waals surface area contributed by atoms with Gasteiger partial charge in [-0.2, -0.15) is 0 Å². The van der Waals surface area contributed by atoms with Gasteiger partial charge < -0.3 is 25.0 Å². The molecule has 1 atom stereocenters. The Labute approximate surface area is 214 Å². The van der Waals surface area contributed by atoms with Crippen LogP contribution in [0.15, 0.2) is 78.9 Å². The number of nitrogens with zero attached hydrogens (tertiary/aromatic N) is 1. The number of fused-ring (bicyclic) bond motifs is 1. The molecule has 0 saturated heterocycles. The Kier molecular flexibility index (Phi) is 7.88. The van der Waals surface area contributed by atoms with Gasteiger partial charge >= 0.3 is 12.1 Å². The van der Waals surface area contributed by atoms with Crippen molar-refractivity contribution < 1.29 is 24.2 Å². The first-order valence-corrected chi connectivity index (χ1v) is 12.0. The second-order valence-corrected chi connectivity index (χ2v) is 8.64. The molecule has 1 aromatic heterocycles. The van der Waals surface area contributed by atoms with Gasteiger partial charge in [-0.3, -0.25) is 4.79 Å². The number of aliphatic carboxylic acids is 1. The lowest BCUT2D eigenvalue weighted by Gasteiger charge is -2.15. The van der Waals surface area contributed by atoms with E-state index >= 15 is 0 Å². The van der Waals surface area contributed by atoms with E-state index in [-0.39, 0.29) is 13.2 Å². The van der Waals surface area contributed by atoms with E-state index in [1.54, 1.807) is 23.7 Å². The van der Waals surface area contributed by atoms with E-state index < -0.39 is 24.0 Å². The van der Waals surface area contributed by atoms with Crippen molar-refractivity contribution in [3.8, 4) is 11.1 Å². The highest BCUT2D eigenvalue weighted by atomic mass is 16.5. The Balaban J connectivity index is 1.47. The lowest BCUT2D eigenvalue weighted by atomic mass is 9.95. The fourth-order valence-electron chi connectivity index (χ4n) is 4.30. The van der Waals surface area contributed by atoms with Crippen LogP contribution in [-0.2, 0) is 29.6 Å². The minimum atomic E-state index is -1.35. The summed E-state index contributed by atoms with van der Waals surface area (Å²) < 4.78 is 6.88. The van der Waals surface area contributed by atoms with Gasteiger partial charge in [0.15, 0.2) is 0 Å². The summed E-state index contributed by atoms with van der Waals surface area (Å²) in [6, 6.07) is 23.6. The van der Waals surface area contributed by atoms with Gasteiger partial charge in [0.1, 0.15) is 18.3 Å². The van der Waals surface area contributed by atoms with Crippen molar-refractivity contribution in [3.63, 3.8) is 0 Å². The molecule has 4 rings (SSSR count). The number of hydrogen-bond donors (Lipinski definition) is 3. The number of hydrogen-bond acceptors (Lipinski definition) is 4. The fraction of sp³-hybridized carbons (Fsp3) is 0.207. The van der Waals surface area contributed by atoms with Crippen molar-refractivity contribution in [1.82, 2.24) is 15.2 Å². The van der Waals surface area contributed by atoms with Gasteiger partial charge in [-0.15, -0.1) is 0 Å². The van der Waals surface area contributed by atoms with Crippen LogP contribution in [0.5, 0.6) is 0 Å². The molecule has 37 heavy (non-hydrogen) atoms. The molecule has 0 fully saturated rings. The monoisotopic (exact) mass is 499 g/mol. The molecule has 2 amide bonds. The third kappa shape index (κ3) is 5.81. The first-order chi connectivity index (χ1) is 17.9. The number of rotatable bonds is 9. The number of benzene rings is 3. The number of nitrogens with one attached hydrogen (secondary N) is 2. The van der Waals surface area contributed by atoms with E-state index in [1.807, 2.05) is 54.6 Å². The maximum Gasteiger partial charge on any atom is 0.408 e. The second kappa shape index (κ2) is 11.4. The second-order valence-electron chi connectivity index (χ2n) is 8.64. The van der Waals surface area contributed by atoms with Crippen molar-refractivity contribution in [2.24, 2.45) is 7.05 Å². The molecule has 4 aromatic rings. The third-order valence-corrected chi connectivity index (χ3v) is 6.28. The SMILES string of the molecule is CCc1ccccc1-c1cccc2c1cc(C(=O)NCC(NC(=O)OCc1ccccc1)C(=O)O)n2C. The van der Waals surface area contributed by atoms with Crippen LogP contribution in [0.4, 0.5) is 4.79 Å². The molecular formula is C29H29N3O5. The molecule has 0 aliphatic rings. The van der Waals surface area contributed by atoms with Gasteiger partial charge in [0, 0.05) is 24.5 Å². The average Bonchev–Trinajstić information content (AvgIpc) is 3.26. The Hall–Kier alpha value is -4.59. The van der Waals surface area contributed by atoms with Crippen LogP contribution in [0.1, 0.15) is 28.5 Å². The van der Waals surface area contributed by atoms with Crippen molar-refractivity contribution in [1.29, 1.82) is 0 Å². The molecule has 1 heterocycles. The molecule has 3 N–H and O–H groups in total. The van der Waals surface area contributed by atoms with Gasteiger partial charge in [-0.1, -0.05) is 73.7 Å². The van der Waals surface area contributed by atoms with Crippen molar-refractivity contribution in [2.75, 3.05) is 6.54 Å². The molecule has 0 radical (unpaired) electrons. The molecule has 0 spiro atoms. The molecule has 0 saturated carbocycles. The lowest BCUT2D eigenvalue weighted by molar-refractivity contribution is -0.139. The van der Waals surface area contributed by atoms with Gasteiger partial charge in [0.05, 0.1) is 0 Å². The largest absolute Gasteiger partial charge is 0.480 e. The molecule has 0 aliphatic heterocycles. The number of ether oxygens (including phenoxy) is 1. The number of alkyl carbamates (subject to hydrolysis) is 1. The summed E-state index contributed by atoms with van der Waals surface area (Å²) in [6.45, 7) is 1.81. The zero-order chi connectivity index (χ0) is 26.4. The summed E-state index contributed by atoms with van der Waals surface area (Å²) in [5.41, 5.74) is 5.38. The Morgan fingerprint density at radius 1 is 0.946 bits per heavy atom. The first kappa shape index (κ1) is 25.5.